The van der Waals surface area contributed by atoms with E-state index in [1.54, 1.807) is 0 Å². The molecular formula is C25H32N8. The number of pyridine rings is 2. The zero-order chi connectivity index (χ0) is 22.9. The van der Waals surface area contributed by atoms with Crippen LogP contribution in [0.1, 0.15) is 45.2 Å². The zero-order valence-electron chi connectivity index (χ0n) is 19.5. The fraction of sp³-hybridized carbons (Fsp3) is 0.520. The number of H-pyrrole nitrogens is 1. The number of aryl methyl sites for hydroxylation is 1. The van der Waals surface area contributed by atoms with E-state index in [1.165, 1.54) is 0 Å². The van der Waals surface area contributed by atoms with E-state index in [0.717, 1.165) is 66.3 Å². The van der Waals surface area contributed by atoms with Crippen LogP contribution in [0.5, 0.6) is 0 Å². The minimum atomic E-state index is 0.277. The first-order chi connectivity index (χ1) is 16.0. The summed E-state index contributed by atoms with van der Waals surface area (Å²) in [7, 11) is 0. The molecule has 3 aromatic rings. The molecule has 3 aromatic heterocycles. The lowest BCUT2D eigenvalue weighted by Crippen LogP contribution is -2.52. The van der Waals surface area contributed by atoms with Gasteiger partial charge in [0.25, 0.3) is 0 Å². The van der Waals surface area contributed by atoms with Crippen LogP contribution in [0.15, 0.2) is 30.5 Å². The normalized spacial score (nSPS) is 27.6. The van der Waals surface area contributed by atoms with Crippen LogP contribution in [-0.4, -0.2) is 49.7 Å². The highest BCUT2D eigenvalue weighted by molar-refractivity contribution is 5.91. The Kier molecular flexibility index (Phi) is 5.90. The lowest BCUT2D eigenvalue weighted by atomic mass is 9.75. The molecule has 0 aromatic carbocycles. The number of anilines is 3. The molecule has 0 spiro atoms. The standard InChI is InChI=1S/C25H32N8/c1-15-7-24(32-31-15)29-23-12-22-21(5-4-6-27-22)25(30-23)28-20-8-16(2)33(17(3)9-20)14-19-10-18(11-19)13-26/h4-7,12,16-20H,8-11,14H2,1-3H3,(H3,28,29,30,31,32). The predicted molar refractivity (Wildman–Crippen MR) is 130 cm³/mol. The SMILES string of the molecule is Cc1cc(Nc2cc3ncccc3c(NC3CC(C)N(CC4CC(C#N)C4)C(C)C3)n2)n[nH]1. The van der Waals surface area contributed by atoms with Crippen LogP contribution in [0.2, 0.25) is 0 Å². The summed E-state index contributed by atoms with van der Waals surface area (Å²) >= 11 is 0. The van der Waals surface area contributed by atoms with Crippen molar-refractivity contribution in [1.82, 2.24) is 25.1 Å². The van der Waals surface area contributed by atoms with Gasteiger partial charge in [0.05, 0.1) is 11.6 Å². The summed E-state index contributed by atoms with van der Waals surface area (Å²) in [6.07, 6.45) is 6.07. The third kappa shape index (κ3) is 4.64. The minimum absolute atomic E-state index is 0.277. The number of aromatic nitrogens is 4. The Labute approximate surface area is 194 Å². The molecule has 1 aliphatic heterocycles. The summed E-state index contributed by atoms with van der Waals surface area (Å²) in [6, 6.07) is 11.7. The van der Waals surface area contributed by atoms with E-state index in [2.05, 4.69) is 56.7 Å². The van der Waals surface area contributed by atoms with E-state index in [1.807, 2.05) is 31.3 Å². The average Bonchev–Trinajstić information content (AvgIpc) is 3.16. The van der Waals surface area contributed by atoms with Crippen LogP contribution in [0.3, 0.4) is 0 Å². The van der Waals surface area contributed by atoms with Crippen molar-refractivity contribution in [3.63, 3.8) is 0 Å². The third-order valence-electron chi connectivity index (χ3n) is 7.17. The number of hydrogen-bond acceptors (Lipinski definition) is 7. The smallest absolute Gasteiger partial charge is 0.153 e. The molecule has 172 valence electrons. The van der Waals surface area contributed by atoms with Gasteiger partial charge in [-0.2, -0.15) is 10.4 Å². The second-order valence-corrected chi connectivity index (χ2v) is 9.86. The van der Waals surface area contributed by atoms with Crippen molar-refractivity contribution in [3.8, 4) is 6.07 Å². The third-order valence-corrected chi connectivity index (χ3v) is 7.17. The van der Waals surface area contributed by atoms with E-state index in [9.17, 15) is 0 Å². The summed E-state index contributed by atoms with van der Waals surface area (Å²) in [5.74, 6) is 3.29. The molecule has 0 radical (unpaired) electrons. The van der Waals surface area contributed by atoms with Gasteiger partial charge < -0.3 is 10.6 Å². The number of rotatable bonds is 6. The van der Waals surface area contributed by atoms with Crippen molar-refractivity contribution >= 4 is 28.4 Å². The second kappa shape index (κ2) is 8.99. The zero-order valence-corrected chi connectivity index (χ0v) is 19.5. The number of nitriles is 1. The van der Waals surface area contributed by atoms with Crippen molar-refractivity contribution < 1.29 is 0 Å². The Morgan fingerprint density at radius 2 is 1.94 bits per heavy atom. The maximum Gasteiger partial charge on any atom is 0.153 e. The number of piperidine rings is 1. The maximum absolute atomic E-state index is 9.08. The molecule has 8 nitrogen and oxygen atoms in total. The molecule has 33 heavy (non-hydrogen) atoms. The molecule has 2 aliphatic rings. The Morgan fingerprint density at radius 3 is 2.64 bits per heavy atom. The van der Waals surface area contributed by atoms with E-state index in [-0.39, 0.29) is 5.92 Å². The van der Waals surface area contributed by atoms with Gasteiger partial charge in [-0.1, -0.05) is 0 Å². The number of likely N-dealkylation sites (tertiary alicyclic amines) is 1. The van der Waals surface area contributed by atoms with Gasteiger partial charge in [0.1, 0.15) is 11.6 Å². The van der Waals surface area contributed by atoms with Gasteiger partial charge in [0.2, 0.25) is 0 Å². The topological polar surface area (TPSA) is 106 Å². The van der Waals surface area contributed by atoms with Crippen molar-refractivity contribution in [2.75, 3.05) is 17.2 Å². The summed E-state index contributed by atoms with van der Waals surface area (Å²) in [5, 5.41) is 24.4. The quantitative estimate of drug-likeness (QED) is 0.510. The average molecular weight is 445 g/mol. The van der Waals surface area contributed by atoms with Crippen LogP contribution < -0.4 is 10.6 Å². The van der Waals surface area contributed by atoms with Gasteiger partial charge >= 0.3 is 0 Å². The molecule has 1 aliphatic carbocycles. The Bertz CT molecular complexity index is 1150. The Balaban J connectivity index is 1.31. The van der Waals surface area contributed by atoms with Crippen LogP contribution in [0.4, 0.5) is 17.5 Å². The largest absolute Gasteiger partial charge is 0.367 e. The number of nitrogens with zero attached hydrogens (tertiary/aromatic N) is 5. The van der Waals surface area contributed by atoms with Crippen LogP contribution in [-0.2, 0) is 0 Å². The van der Waals surface area contributed by atoms with Crippen molar-refractivity contribution in [3.05, 3.63) is 36.2 Å². The minimum Gasteiger partial charge on any atom is -0.367 e. The van der Waals surface area contributed by atoms with E-state index in [4.69, 9.17) is 10.2 Å². The van der Waals surface area contributed by atoms with Crippen molar-refractivity contribution in [2.45, 2.75) is 64.6 Å². The first kappa shape index (κ1) is 21.7. The number of aromatic amines is 1. The van der Waals surface area contributed by atoms with E-state index < -0.39 is 0 Å². The molecule has 2 fully saturated rings. The highest BCUT2D eigenvalue weighted by Crippen LogP contribution is 2.36. The summed E-state index contributed by atoms with van der Waals surface area (Å²) < 4.78 is 0. The van der Waals surface area contributed by atoms with Crippen LogP contribution in [0.25, 0.3) is 10.9 Å². The van der Waals surface area contributed by atoms with E-state index >= 15 is 0 Å². The lowest BCUT2D eigenvalue weighted by molar-refractivity contribution is 0.0518. The number of nitrogens with one attached hydrogen (secondary N) is 3. The molecule has 3 N–H and O–H groups in total. The van der Waals surface area contributed by atoms with E-state index in [0.29, 0.717) is 24.0 Å². The Morgan fingerprint density at radius 1 is 1.15 bits per heavy atom. The van der Waals surface area contributed by atoms with Crippen molar-refractivity contribution in [1.29, 1.82) is 5.26 Å². The predicted octanol–water partition coefficient (Wildman–Crippen LogP) is 4.61. The van der Waals surface area contributed by atoms with Gasteiger partial charge in [-0.15, -0.1) is 0 Å². The van der Waals surface area contributed by atoms with Gasteiger partial charge in [-0.05, 0) is 64.5 Å². The lowest BCUT2D eigenvalue weighted by Gasteiger charge is -2.46. The fourth-order valence-electron chi connectivity index (χ4n) is 5.45. The van der Waals surface area contributed by atoms with Gasteiger partial charge in [0.15, 0.2) is 5.82 Å². The Hall–Kier alpha value is -3.18. The first-order valence-electron chi connectivity index (χ1n) is 11.9. The highest BCUT2D eigenvalue weighted by Gasteiger charge is 2.36. The molecule has 0 amide bonds. The monoisotopic (exact) mass is 444 g/mol. The van der Waals surface area contributed by atoms with Gasteiger partial charge in [-0.3, -0.25) is 15.0 Å². The molecule has 1 saturated carbocycles. The molecule has 5 rings (SSSR count). The molecule has 1 saturated heterocycles. The summed E-state index contributed by atoms with van der Waals surface area (Å²) in [4.78, 5) is 12.1. The fourth-order valence-corrected chi connectivity index (χ4v) is 5.45. The molecule has 2 unspecified atom stereocenters. The van der Waals surface area contributed by atoms with Crippen LogP contribution in [0, 0.1) is 30.1 Å². The molecule has 0 bridgehead atoms. The number of fused-ring (bicyclic) bond motifs is 1. The second-order valence-electron chi connectivity index (χ2n) is 9.86. The molecule has 2 atom stereocenters. The van der Waals surface area contributed by atoms with Crippen molar-refractivity contribution in [2.24, 2.45) is 11.8 Å². The van der Waals surface area contributed by atoms with Gasteiger partial charge in [-0.25, -0.2) is 4.98 Å². The number of hydrogen-bond donors (Lipinski definition) is 3. The summed E-state index contributed by atoms with van der Waals surface area (Å²) in [6.45, 7) is 7.74. The highest BCUT2D eigenvalue weighted by atomic mass is 15.2. The molecule has 4 heterocycles. The van der Waals surface area contributed by atoms with Crippen LogP contribution >= 0.6 is 0 Å². The summed E-state index contributed by atoms with van der Waals surface area (Å²) in [5.41, 5.74) is 1.90. The maximum atomic E-state index is 9.08. The first-order valence-corrected chi connectivity index (χ1v) is 11.9. The molecular weight excluding hydrogens is 412 g/mol. The van der Waals surface area contributed by atoms with Gasteiger partial charge in [0, 0.05) is 60.0 Å². The molecule has 8 heteroatoms.